The van der Waals surface area contributed by atoms with Gasteiger partial charge in [-0.15, -0.1) is 0 Å². The maximum Gasteiger partial charge on any atom is 0.335 e. The third-order valence-electron chi connectivity index (χ3n) is 2.47. The summed E-state index contributed by atoms with van der Waals surface area (Å²) in [4.78, 5) is 11.0. The van der Waals surface area contributed by atoms with Gasteiger partial charge in [-0.2, -0.15) is 0 Å². The van der Waals surface area contributed by atoms with Gasteiger partial charge in [0.05, 0.1) is 0 Å². The highest BCUT2D eigenvalue weighted by atomic mass is 19.1. The fourth-order valence-corrected chi connectivity index (χ4v) is 1.54. The van der Waals surface area contributed by atoms with Crippen LogP contribution >= 0.6 is 0 Å². The molecule has 0 spiro atoms. The number of rotatable bonds is 6. The predicted molar refractivity (Wildman–Crippen MR) is 65.5 cm³/mol. The van der Waals surface area contributed by atoms with Crippen molar-refractivity contribution in [2.45, 2.75) is 32.6 Å². The van der Waals surface area contributed by atoms with Crippen molar-refractivity contribution in [2.75, 3.05) is 0 Å². The zero-order valence-corrected chi connectivity index (χ0v) is 10.0. The lowest BCUT2D eigenvalue weighted by molar-refractivity contribution is -0.129. The van der Waals surface area contributed by atoms with Crippen LogP contribution in [0.15, 0.2) is 30.9 Å². The molecule has 0 aliphatic carbocycles. The van der Waals surface area contributed by atoms with Crippen molar-refractivity contribution in [3.8, 4) is 5.75 Å². The largest absolute Gasteiger partial charge is 0.420 e. The van der Waals surface area contributed by atoms with Crippen LogP contribution in [0.1, 0.15) is 31.7 Å². The van der Waals surface area contributed by atoms with Gasteiger partial charge in [0.25, 0.3) is 0 Å². The summed E-state index contributed by atoms with van der Waals surface area (Å²) in [5, 5.41) is 0. The monoisotopic (exact) mass is 236 g/mol. The highest BCUT2D eigenvalue weighted by molar-refractivity contribution is 5.83. The van der Waals surface area contributed by atoms with E-state index in [4.69, 9.17) is 4.74 Å². The van der Waals surface area contributed by atoms with Crippen molar-refractivity contribution in [1.82, 2.24) is 0 Å². The fraction of sp³-hybridized carbons (Fsp3) is 0.357. The Morgan fingerprint density at radius 3 is 2.88 bits per heavy atom. The van der Waals surface area contributed by atoms with Crippen LogP contribution in [0.4, 0.5) is 4.39 Å². The van der Waals surface area contributed by atoms with Gasteiger partial charge in [-0.25, -0.2) is 9.18 Å². The molecule has 1 rings (SSSR count). The summed E-state index contributed by atoms with van der Waals surface area (Å²) in [6, 6.07) is 4.85. The average Bonchev–Trinajstić information content (AvgIpc) is 2.34. The van der Waals surface area contributed by atoms with E-state index in [1.807, 2.05) is 0 Å². The molecule has 0 fully saturated rings. The van der Waals surface area contributed by atoms with Crippen molar-refractivity contribution in [1.29, 1.82) is 0 Å². The normalized spacial score (nSPS) is 10.0. The third kappa shape index (κ3) is 4.02. The number of benzene rings is 1. The molecule has 0 N–H and O–H groups in total. The standard InChI is InChI=1S/C14H17FO2/c1-3-5-6-8-11-9-7-10-12(14(11)15)17-13(16)4-2/h4,7,9-10H,2-3,5-6,8H2,1H3. The summed E-state index contributed by atoms with van der Waals surface area (Å²) in [5.41, 5.74) is 0.591. The molecule has 0 saturated carbocycles. The van der Waals surface area contributed by atoms with Gasteiger partial charge in [-0.05, 0) is 24.5 Å². The van der Waals surface area contributed by atoms with Crippen LogP contribution in [0.2, 0.25) is 0 Å². The Hall–Kier alpha value is -1.64. The van der Waals surface area contributed by atoms with Gasteiger partial charge in [-0.1, -0.05) is 38.5 Å². The third-order valence-corrected chi connectivity index (χ3v) is 2.47. The number of hydrogen-bond donors (Lipinski definition) is 0. The van der Waals surface area contributed by atoms with Crippen LogP contribution in [0.25, 0.3) is 0 Å². The number of aryl methyl sites for hydroxylation is 1. The van der Waals surface area contributed by atoms with E-state index in [1.165, 1.54) is 6.07 Å². The summed E-state index contributed by atoms with van der Waals surface area (Å²) in [6.07, 6.45) is 4.78. The molecule has 92 valence electrons. The van der Waals surface area contributed by atoms with Gasteiger partial charge in [0.1, 0.15) is 0 Å². The van der Waals surface area contributed by atoms with Crippen molar-refractivity contribution in [3.05, 3.63) is 42.2 Å². The molecule has 2 nitrogen and oxygen atoms in total. The molecular weight excluding hydrogens is 219 g/mol. The summed E-state index contributed by atoms with van der Waals surface area (Å²) in [5.74, 6) is -1.11. The smallest absolute Gasteiger partial charge is 0.335 e. The summed E-state index contributed by atoms with van der Waals surface area (Å²) < 4.78 is 18.7. The Balaban J connectivity index is 2.76. The van der Waals surface area contributed by atoms with E-state index < -0.39 is 11.8 Å². The molecule has 0 saturated heterocycles. The Morgan fingerprint density at radius 1 is 1.47 bits per heavy atom. The van der Waals surface area contributed by atoms with E-state index in [9.17, 15) is 9.18 Å². The van der Waals surface area contributed by atoms with Gasteiger partial charge < -0.3 is 4.74 Å². The van der Waals surface area contributed by atoms with Gasteiger partial charge in [0, 0.05) is 6.08 Å². The number of esters is 1. The molecule has 0 bridgehead atoms. The molecule has 1 aromatic carbocycles. The highest BCUT2D eigenvalue weighted by Gasteiger charge is 2.10. The van der Waals surface area contributed by atoms with E-state index in [2.05, 4.69) is 13.5 Å². The number of halogens is 1. The first-order chi connectivity index (χ1) is 8.19. The van der Waals surface area contributed by atoms with Crippen LogP contribution in [0.3, 0.4) is 0 Å². The second-order valence-electron chi connectivity index (χ2n) is 3.81. The molecule has 0 heterocycles. The van der Waals surface area contributed by atoms with Crippen LogP contribution in [-0.2, 0) is 11.2 Å². The van der Waals surface area contributed by atoms with Gasteiger partial charge in [-0.3, -0.25) is 0 Å². The number of hydrogen-bond acceptors (Lipinski definition) is 2. The molecule has 1 aromatic rings. The minimum atomic E-state index is -0.644. The van der Waals surface area contributed by atoms with E-state index in [0.717, 1.165) is 25.3 Å². The topological polar surface area (TPSA) is 26.3 Å². The minimum absolute atomic E-state index is 0.0242. The molecule has 0 aliphatic heterocycles. The highest BCUT2D eigenvalue weighted by Crippen LogP contribution is 2.22. The number of carbonyl (C=O) groups excluding carboxylic acids is 1. The SMILES string of the molecule is C=CC(=O)Oc1cccc(CCCCC)c1F. The van der Waals surface area contributed by atoms with E-state index in [1.54, 1.807) is 12.1 Å². The van der Waals surface area contributed by atoms with Gasteiger partial charge in [0.15, 0.2) is 11.6 Å². The molecular formula is C14H17FO2. The fourth-order valence-electron chi connectivity index (χ4n) is 1.54. The summed E-state index contributed by atoms with van der Waals surface area (Å²) in [6.45, 7) is 5.37. The zero-order valence-electron chi connectivity index (χ0n) is 10.0. The lowest BCUT2D eigenvalue weighted by Crippen LogP contribution is -2.06. The maximum absolute atomic E-state index is 13.9. The lowest BCUT2D eigenvalue weighted by Gasteiger charge is -2.07. The first-order valence-electron chi connectivity index (χ1n) is 5.80. The molecule has 0 atom stereocenters. The molecule has 0 aromatic heterocycles. The number of unbranched alkanes of at least 4 members (excludes halogenated alkanes) is 2. The first-order valence-corrected chi connectivity index (χ1v) is 5.80. The van der Waals surface area contributed by atoms with E-state index in [0.29, 0.717) is 12.0 Å². The number of ether oxygens (including phenoxy) is 1. The maximum atomic E-state index is 13.9. The van der Waals surface area contributed by atoms with Crippen molar-refractivity contribution in [3.63, 3.8) is 0 Å². The zero-order chi connectivity index (χ0) is 12.7. The van der Waals surface area contributed by atoms with Gasteiger partial charge in [0.2, 0.25) is 0 Å². The quantitative estimate of drug-likeness (QED) is 0.326. The molecule has 0 amide bonds. The van der Waals surface area contributed by atoms with Gasteiger partial charge >= 0.3 is 5.97 Å². The second-order valence-corrected chi connectivity index (χ2v) is 3.81. The summed E-state index contributed by atoms with van der Waals surface area (Å²) in [7, 11) is 0. The molecule has 0 aliphatic rings. The molecule has 0 radical (unpaired) electrons. The Morgan fingerprint density at radius 2 is 2.24 bits per heavy atom. The van der Waals surface area contributed by atoms with Crippen molar-refractivity contribution < 1.29 is 13.9 Å². The first kappa shape index (κ1) is 13.4. The molecule has 0 unspecified atom stereocenters. The lowest BCUT2D eigenvalue weighted by atomic mass is 10.1. The van der Waals surface area contributed by atoms with E-state index >= 15 is 0 Å². The van der Waals surface area contributed by atoms with Crippen molar-refractivity contribution >= 4 is 5.97 Å². The minimum Gasteiger partial charge on any atom is -0.420 e. The number of carbonyl (C=O) groups is 1. The second kappa shape index (κ2) is 6.84. The van der Waals surface area contributed by atoms with Crippen LogP contribution in [-0.4, -0.2) is 5.97 Å². The molecule has 3 heteroatoms. The summed E-state index contributed by atoms with van der Waals surface area (Å²) >= 11 is 0. The predicted octanol–water partition coefficient (Wildman–Crippen LogP) is 3.65. The van der Waals surface area contributed by atoms with E-state index in [-0.39, 0.29) is 5.75 Å². The molecule has 17 heavy (non-hydrogen) atoms. The van der Waals surface area contributed by atoms with Crippen LogP contribution in [0.5, 0.6) is 5.75 Å². The Labute approximate surface area is 101 Å². The average molecular weight is 236 g/mol. The van der Waals surface area contributed by atoms with Crippen molar-refractivity contribution in [2.24, 2.45) is 0 Å². The van der Waals surface area contributed by atoms with Crippen LogP contribution in [0, 0.1) is 5.82 Å². The Bertz CT molecular complexity index is 399. The van der Waals surface area contributed by atoms with Crippen LogP contribution < -0.4 is 4.74 Å². The Kier molecular flexibility index (Phi) is 5.40.